The summed E-state index contributed by atoms with van der Waals surface area (Å²) < 4.78 is 53.4. The van der Waals surface area contributed by atoms with E-state index in [9.17, 15) is 62.6 Å². The zero-order valence-corrected chi connectivity index (χ0v) is 63.9. The van der Waals surface area contributed by atoms with Crippen molar-refractivity contribution < 1.29 is 110 Å². The molecule has 0 radical (unpaired) electrons. The van der Waals surface area contributed by atoms with E-state index in [1.54, 1.807) is 103 Å². The first-order valence-corrected chi connectivity index (χ1v) is 35.4. The number of urea groups is 1. The summed E-state index contributed by atoms with van der Waals surface area (Å²) in [5, 5.41) is 12.2. The number of hydrogen-bond donors (Lipinski definition) is 3. The number of ether oxygens (including phenoxy) is 10. The number of methoxy groups -OCH3 is 4. The van der Waals surface area contributed by atoms with Crippen LogP contribution in [0.5, 0.6) is 34.5 Å². The molecule has 3 aliphatic rings. The minimum absolute atomic E-state index is 0.00966. The molecule has 27 nitrogen and oxygen atoms in total. The van der Waals surface area contributed by atoms with E-state index >= 15 is 0 Å². The van der Waals surface area contributed by atoms with Gasteiger partial charge in [0.05, 0.1) is 74.4 Å². The molecule has 12 rings (SSSR count). The van der Waals surface area contributed by atoms with Gasteiger partial charge in [-0.15, -0.1) is 0 Å². The molecule has 0 saturated carbocycles. The van der Waals surface area contributed by atoms with Crippen LogP contribution >= 0.6 is 0 Å². The number of carboxylic acid groups (broad SMARTS) is 1. The minimum atomic E-state index is -1.05. The van der Waals surface area contributed by atoms with Crippen LogP contribution < -0.4 is 49.3 Å². The first-order valence-electron chi connectivity index (χ1n) is 35.4. The van der Waals surface area contributed by atoms with E-state index in [4.69, 9.17) is 43.6 Å². The zero-order chi connectivity index (χ0) is 82.6. The number of primary amides is 1. The number of ketones is 1. The van der Waals surface area contributed by atoms with Crippen molar-refractivity contribution in [1.29, 1.82) is 0 Å². The van der Waals surface area contributed by atoms with Gasteiger partial charge in [0.1, 0.15) is 32.0 Å². The van der Waals surface area contributed by atoms with Gasteiger partial charge >= 0.3 is 47.8 Å². The lowest BCUT2D eigenvalue weighted by molar-refractivity contribution is -0.143. The molecule has 0 aliphatic carbocycles. The SMILES string of the molecule is CC(=O)Oc1c(C=O)cccc1OCc1ccccc1.CC12CC(CC(=O)N1c1cccc(C(=O)O)c1)c1cccc(OCc3ccccc3)c1O2.COC(=O)C1=C(C)N(c2cccc(C(=O)OC)c2)C(=O)NC1c1cccc(OCc2ccccc2)c1OC(C)=O.COC(=O)CC(C)=O.COC(=O)c1cccc(CC(N)=O)c1. The van der Waals surface area contributed by atoms with Gasteiger partial charge in [-0.1, -0.05) is 146 Å². The van der Waals surface area contributed by atoms with Crippen LogP contribution in [-0.4, -0.2) is 111 Å². The normalized spacial score (nSPS) is 14.7. The first kappa shape index (κ1) is 85.4. The number of fused-ring (bicyclic) bond motifs is 4. The highest BCUT2D eigenvalue weighted by Crippen LogP contribution is 2.52. The van der Waals surface area contributed by atoms with Crippen molar-refractivity contribution in [2.24, 2.45) is 5.73 Å². The summed E-state index contributed by atoms with van der Waals surface area (Å²) in [7, 11) is 5.05. The quantitative estimate of drug-likeness (QED) is 0.0176. The van der Waals surface area contributed by atoms with E-state index in [0.717, 1.165) is 22.3 Å². The van der Waals surface area contributed by atoms with Crippen molar-refractivity contribution in [2.45, 2.75) is 97.8 Å². The number of rotatable bonds is 23. The molecule has 590 valence electrons. The zero-order valence-electron chi connectivity index (χ0n) is 63.9. The van der Waals surface area contributed by atoms with Crippen LogP contribution in [0.15, 0.2) is 230 Å². The Morgan fingerprint density at radius 2 is 1.01 bits per heavy atom. The van der Waals surface area contributed by atoms with Gasteiger partial charge in [-0.05, 0) is 116 Å². The number of allylic oxidation sites excluding steroid dienone is 1. The number of nitrogens with one attached hydrogen (secondary N) is 1. The molecular formula is C87H84N4O23. The molecule has 3 atom stereocenters. The van der Waals surface area contributed by atoms with Crippen molar-refractivity contribution in [1.82, 2.24) is 5.32 Å². The Morgan fingerprint density at radius 1 is 0.544 bits per heavy atom. The van der Waals surface area contributed by atoms with Gasteiger partial charge in [0.15, 0.2) is 46.5 Å². The van der Waals surface area contributed by atoms with E-state index in [0.29, 0.717) is 77.7 Å². The van der Waals surface area contributed by atoms with Crippen molar-refractivity contribution in [3.63, 3.8) is 0 Å². The highest BCUT2D eigenvalue weighted by Gasteiger charge is 2.51. The maximum atomic E-state index is 13.5. The molecule has 114 heavy (non-hydrogen) atoms. The Bertz CT molecular complexity index is 5030. The van der Waals surface area contributed by atoms with Crippen LogP contribution in [0.25, 0.3) is 0 Å². The highest BCUT2D eigenvalue weighted by molar-refractivity contribution is 6.04. The summed E-state index contributed by atoms with van der Waals surface area (Å²) in [5.74, 6) is -2.88. The van der Waals surface area contributed by atoms with Crippen molar-refractivity contribution in [2.75, 3.05) is 38.2 Å². The Kier molecular flexibility index (Phi) is 30.7. The first-order chi connectivity index (χ1) is 54.7. The van der Waals surface area contributed by atoms with E-state index < -0.39 is 65.5 Å². The fourth-order valence-corrected chi connectivity index (χ4v) is 12.3. The third-order valence-corrected chi connectivity index (χ3v) is 17.3. The Hall–Kier alpha value is -14.2. The van der Waals surface area contributed by atoms with Gasteiger partial charge in [-0.2, -0.15) is 0 Å². The van der Waals surface area contributed by atoms with Crippen LogP contribution in [0.3, 0.4) is 0 Å². The van der Waals surface area contributed by atoms with Crippen molar-refractivity contribution in [3.8, 4) is 34.5 Å². The third kappa shape index (κ3) is 23.2. The second-order valence-electron chi connectivity index (χ2n) is 25.7. The maximum Gasteiger partial charge on any atom is 0.337 e. The standard InChI is InChI=1S/C30H28N2O8.C26H23NO5.C16H14O4.C10H11NO3.C5H8O3/c1-18-25(29(35)38-4)26(31-30(36)32(18)22-13-8-12-21(16-22)28(34)37-3)23-14-9-15-24(27(23)40-19(2)33)39-17-20-10-6-5-7-11-20;1-26-15-19(14-23(28)27(26)20-10-5-9-18(13-20)25(29)30)21-11-6-12-22(24(21)32-26)31-16-17-7-3-2-4-8-17;1-12(18)20-16-14(10-17)8-5-9-15(16)19-11-13-6-3-2-4-7-13;1-14-10(13)8-4-2-3-7(5-8)6-9(11)12;1-4(6)3-5(7)8-2/h5-16,26H,17H2,1-4H3,(H,31,36);2-13,19H,14-16H2,1H3,(H,29,30);2-10H,11H2,1H3;2-5H,6H2,1H3,(H2,11,12);3H2,1-2H3. The lowest BCUT2D eigenvalue weighted by atomic mass is 9.80. The molecule has 1 saturated heterocycles. The molecule has 3 unspecified atom stereocenters. The van der Waals surface area contributed by atoms with E-state index in [-0.39, 0.29) is 82.3 Å². The molecule has 2 bridgehead atoms. The number of Topliss-reactive ketones (excluding diaryl/α,β-unsaturated/α-hetero) is 1. The summed E-state index contributed by atoms with van der Waals surface area (Å²) in [6.07, 6.45) is 1.59. The molecule has 0 aromatic heterocycles. The second-order valence-corrected chi connectivity index (χ2v) is 25.7. The van der Waals surface area contributed by atoms with E-state index in [1.807, 2.05) is 116 Å². The van der Waals surface area contributed by atoms with Crippen LogP contribution in [0.2, 0.25) is 0 Å². The van der Waals surface area contributed by atoms with Gasteiger partial charge in [0, 0.05) is 55.1 Å². The molecule has 4 amide bonds. The molecule has 9 aromatic rings. The Balaban J connectivity index is 0.000000195. The number of nitrogens with two attached hydrogens (primary N) is 1. The minimum Gasteiger partial charge on any atom is -0.485 e. The molecule has 27 heteroatoms. The lowest BCUT2D eigenvalue weighted by Gasteiger charge is -2.50. The number of carboxylic acids is 1. The average molecular weight is 1550 g/mol. The number of amides is 4. The lowest BCUT2D eigenvalue weighted by Crippen LogP contribution is -2.60. The van der Waals surface area contributed by atoms with Crippen molar-refractivity contribution >= 4 is 83.1 Å². The number of hydrogen-bond acceptors (Lipinski definition) is 22. The van der Waals surface area contributed by atoms with Crippen LogP contribution in [0.1, 0.15) is 141 Å². The van der Waals surface area contributed by atoms with Crippen LogP contribution in [0.4, 0.5) is 16.2 Å². The fourth-order valence-electron chi connectivity index (χ4n) is 12.3. The van der Waals surface area contributed by atoms with Crippen molar-refractivity contribution in [3.05, 3.63) is 285 Å². The van der Waals surface area contributed by atoms with Gasteiger partial charge in [0.25, 0.3) is 0 Å². The summed E-state index contributed by atoms with van der Waals surface area (Å²) in [4.78, 5) is 142. The van der Waals surface area contributed by atoms with E-state index in [2.05, 4.69) is 14.8 Å². The Morgan fingerprint density at radius 3 is 1.52 bits per heavy atom. The average Bonchev–Trinajstić information content (AvgIpc) is 0.730. The number of aromatic carboxylic acids is 1. The second kappa shape index (κ2) is 41.0. The molecule has 0 spiro atoms. The molecule has 3 heterocycles. The number of piperidine rings is 1. The summed E-state index contributed by atoms with van der Waals surface area (Å²) in [5.41, 5.74) is 11.3. The highest BCUT2D eigenvalue weighted by atomic mass is 16.6. The van der Waals surface area contributed by atoms with Crippen LogP contribution in [0, 0.1) is 0 Å². The number of esters is 6. The maximum absolute atomic E-state index is 13.5. The van der Waals surface area contributed by atoms with Gasteiger partial charge in [0.2, 0.25) is 11.8 Å². The topological polar surface area (TPSA) is 362 Å². The number of nitrogens with zero attached hydrogens (tertiary/aromatic N) is 2. The third-order valence-electron chi connectivity index (χ3n) is 17.3. The number of anilines is 2. The van der Waals surface area contributed by atoms with Gasteiger partial charge in [-0.3, -0.25) is 43.4 Å². The number of aldehydes is 1. The summed E-state index contributed by atoms with van der Waals surface area (Å²) in [6, 6.07) is 62.2. The number of para-hydroxylation sites is 3. The van der Waals surface area contributed by atoms with E-state index in [1.165, 1.54) is 72.3 Å². The molecule has 4 N–H and O–H groups in total. The van der Waals surface area contributed by atoms with Crippen LogP contribution in [-0.2, 0) is 78.8 Å². The number of carbonyl (C=O) groups is 12. The molecular weight excluding hydrogens is 1470 g/mol. The molecule has 9 aromatic carbocycles. The number of carbonyl (C=O) groups excluding carboxylic acids is 11. The largest absolute Gasteiger partial charge is 0.485 e. The van der Waals surface area contributed by atoms with Gasteiger partial charge < -0.3 is 63.5 Å². The Labute approximate surface area is 657 Å². The fraction of sp³-hybridized carbons (Fsp3) is 0.218. The predicted octanol–water partition coefficient (Wildman–Crippen LogP) is 13.3. The monoisotopic (exact) mass is 1550 g/mol. The predicted molar refractivity (Wildman–Crippen MR) is 416 cm³/mol. The smallest absolute Gasteiger partial charge is 0.337 e. The van der Waals surface area contributed by atoms with Gasteiger partial charge in [-0.25, -0.2) is 24.0 Å². The number of benzene rings is 9. The summed E-state index contributed by atoms with van der Waals surface area (Å²) >= 11 is 0. The molecule has 3 aliphatic heterocycles. The summed E-state index contributed by atoms with van der Waals surface area (Å²) in [6.45, 7) is 8.27. The molecule has 1 fully saturated rings.